The molecule has 1 aromatic rings. The monoisotopic (exact) mass is 251 g/mol. The molecule has 1 aromatic carbocycles. The van der Waals surface area contributed by atoms with Gasteiger partial charge in [0.25, 0.3) is 5.91 Å². The van der Waals surface area contributed by atoms with Gasteiger partial charge in [-0.25, -0.2) is 0 Å². The van der Waals surface area contributed by atoms with Crippen molar-refractivity contribution >= 4 is 17.7 Å². The van der Waals surface area contributed by atoms with Crippen molar-refractivity contribution in [2.45, 2.75) is 29.8 Å². The number of rotatable bonds is 4. The molecule has 0 radical (unpaired) electrons. The van der Waals surface area contributed by atoms with E-state index < -0.39 is 5.60 Å². The molecule has 0 bridgehead atoms. The van der Waals surface area contributed by atoms with Crippen LogP contribution in [0, 0.1) is 0 Å². The number of carbonyl (C=O) groups is 1. The van der Waals surface area contributed by atoms with E-state index in [0.717, 1.165) is 24.2 Å². The third kappa shape index (κ3) is 2.82. The van der Waals surface area contributed by atoms with E-state index in [0.29, 0.717) is 12.1 Å². The third-order valence-corrected chi connectivity index (χ3v) is 4.01. The molecule has 1 saturated carbocycles. The minimum Gasteiger partial charge on any atom is -0.388 e. The molecule has 0 spiro atoms. The van der Waals surface area contributed by atoms with Crippen LogP contribution < -0.4 is 5.32 Å². The lowest BCUT2D eigenvalue weighted by molar-refractivity contribution is -0.0300. The summed E-state index contributed by atoms with van der Waals surface area (Å²) in [5, 5.41) is 12.7. The summed E-state index contributed by atoms with van der Waals surface area (Å²) in [4.78, 5) is 12.9. The van der Waals surface area contributed by atoms with Gasteiger partial charge in [-0.15, -0.1) is 11.8 Å². The van der Waals surface area contributed by atoms with Gasteiger partial charge in [-0.2, -0.15) is 0 Å². The molecule has 0 saturated heterocycles. The smallest absolute Gasteiger partial charge is 0.252 e. The second-order valence-corrected chi connectivity index (χ2v) is 5.31. The summed E-state index contributed by atoms with van der Waals surface area (Å²) in [6.07, 6.45) is 4.58. The van der Waals surface area contributed by atoms with E-state index in [-0.39, 0.29) is 5.91 Å². The van der Waals surface area contributed by atoms with Crippen LogP contribution in [0.5, 0.6) is 0 Å². The van der Waals surface area contributed by atoms with Crippen LogP contribution in [0.25, 0.3) is 0 Å². The van der Waals surface area contributed by atoms with Crippen LogP contribution in [0.1, 0.15) is 29.6 Å². The van der Waals surface area contributed by atoms with Gasteiger partial charge in [0, 0.05) is 11.4 Å². The molecule has 0 aliphatic heterocycles. The number of carbonyl (C=O) groups excluding carboxylic acids is 1. The molecule has 17 heavy (non-hydrogen) atoms. The summed E-state index contributed by atoms with van der Waals surface area (Å²) in [7, 11) is 0. The highest BCUT2D eigenvalue weighted by atomic mass is 32.2. The fourth-order valence-corrected chi connectivity index (χ4v) is 2.53. The number of amides is 1. The molecule has 3 nitrogen and oxygen atoms in total. The van der Waals surface area contributed by atoms with Crippen molar-refractivity contribution in [1.29, 1.82) is 0 Å². The van der Waals surface area contributed by atoms with Crippen molar-refractivity contribution in [2.75, 3.05) is 12.8 Å². The average Bonchev–Trinajstić information content (AvgIpc) is 2.33. The van der Waals surface area contributed by atoms with Gasteiger partial charge in [-0.1, -0.05) is 12.1 Å². The minimum absolute atomic E-state index is 0.102. The molecule has 2 N–H and O–H groups in total. The normalized spacial score (nSPS) is 17.3. The van der Waals surface area contributed by atoms with Crippen LogP contribution in [0.3, 0.4) is 0 Å². The molecule has 1 aliphatic carbocycles. The maximum Gasteiger partial charge on any atom is 0.252 e. The maximum atomic E-state index is 12.0. The third-order valence-electron chi connectivity index (χ3n) is 3.21. The van der Waals surface area contributed by atoms with E-state index in [9.17, 15) is 9.90 Å². The second kappa shape index (κ2) is 5.10. The largest absolute Gasteiger partial charge is 0.388 e. The molecule has 4 heteroatoms. The van der Waals surface area contributed by atoms with E-state index in [2.05, 4.69) is 5.32 Å². The molecule has 92 valence electrons. The fraction of sp³-hybridized carbons (Fsp3) is 0.462. The highest BCUT2D eigenvalue weighted by Crippen LogP contribution is 2.30. The van der Waals surface area contributed by atoms with Gasteiger partial charge in [0.05, 0.1) is 11.2 Å². The molecule has 1 aliphatic rings. The Labute approximate surface area is 106 Å². The zero-order valence-corrected chi connectivity index (χ0v) is 10.7. The Kier molecular flexibility index (Phi) is 3.74. The number of nitrogens with one attached hydrogen (secondary N) is 1. The molecule has 0 heterocycles. The van der Waals surface area contributed by atoms with Crippen LogP contribution >= 0.6 is 11.8 Å². The van der Waals surface area contributed by atoms with E-state index in [1.807, 2.05) is 30.5 Å². The van der Waals surface area contributed by atoms with E-state index in [4.69, 9.17) is 0 Å². The van der Waals surface area contributed by atoms with Gasteiger partial charge in [0.2, 0.25) is 0 Å². The Bertz CT molecular complexity index is 416. The van der Waals surface area contributed by atoms with Crippen molar-refractivity contribution in [3.05, 3.63) is 29.8 Å². The number of thioether (sulfide) groups is 1. The van der Waals surface area contributed by atoms with Crippen LogP contribution in [-0.2, 0) is 0 Å². The summed E-state index contributed by atoms with van der Waals surface area (Å²) < 4.78 is 0. The first-order valence-corrected chi connectivity index (χ1v) is 7.01. The summed E-state index contributed by atoms with van der Waals surface area (Å²) in [6.45, 7) is 0.356. The fourth-order valence-electron chi connectivity index (χ4n) is 1.93. The summed E-state index contributed by atoms with van der Waals surface area (Å²) in [5.74, 6) is -0.102. The number of hydrogen-bond donors (Lipinski definition) is 2. The van der Waals surface area contributed by atoms with Crippen molar-refractivity contribution in [3.8, 4) is 0 Å². The molecule has 0 atom stereocenters. The van der Waals surface area contributed by atoms with E-state index in [1.54, 1.807) is 11.8 Å². The Morgan fingerprint density at radius 1 is 1.47 bits per heavy atom. The van der Waals surface area contributed by atoms with Gasteiger partial charge >= 0.3 is 0 Å². The summed E-state index contributed by atoms with van der Waals surface area (Å²) in [6, 6.07) is 7.51. The zero-order valence-electron chi connectivity index (χ0n) is 9.90. The van der Waals surface area contributed by atoms with Crippen LogP contribution in [0.15, 0.2) is 29.2 Å². The second-order valence-electron chi connectivity index (χ2n) is 4.46. The van der Waals surface area contributed by atoms with Gasteiger partial charge in [0.15, 0.2) is 0 Å². The van der Waals surface area contributed by atoms with E-state index >= 15 is 0 Å². The zero-order chi connectivity index (χ0) is 12.3. The van der Waals surface area contributed by atoms with Crippen LogP contribution in [0.2, 0.25) is 0 Å². The number of benzene rings is 1. The number of hydrogen-bond acceptors (Lipinski definition) is 3. The first-order valence-electron chi connectivity index (χ1n) is 5.78. The Balaban J connectivity index is 1.99. The van der Waals surface area contributed by atoms with E-state index in [1.165, 1.54) is 0 Å². The average molecular weight is 251 g/mol. The molecule has 0 aromatic heterocycles. The first-order chi connectivity index (χ1) is 8.14. The molecular formula is C13H17NO2S. The molecular weight excluding hydrogens is 234 g/mol. The Morgan fingerprint density at radius 3 is 2.76 bits per heavy atom. The standard InChI is InChI=1S/C13H17NO2S/c1-17-11-6-3-2-5-10(11)12(15)14-9-13(16)7-4-8-13/h2-3,5-6,16H,4,7-9H2,1H3,(H,14,15). The van der Waals surface area contributed by atoms with Gasteiger partial charge in [0.1, 0.15) is 0 Å². The topological polar surface area (TPSA) is 49.3 Å². The summed E-state index contributed by atoms with van der Waals surface area (Å²) >= 11 is 1.55. The predicted octanol–water partition coefficient (Wildman–Crippen LogP) is 2.05. The molecule has 1 fully saturated rings. The minimum atomic E-state index is -0.663. The van der Waals surface area contributed by atoms with Crippen LogP contribution in [-0.4, -0.2) is 29.4 Å². The van der Waals surface area contributed by atoms with Crippen molar-refractivity contribution in [2.24, 2.45) is 0 Å². The quantitative estimate of drug-likeness (QED) is 0.805. The predicted molar refractivity (Wildman–Crippen MR) is 69.4 cm³/mol. The Morgan fingerprint density at radius 2 is 2.18 bits per heavy atom. The SMILES string of the molecule is CSc1ccccc1C(=O)NCC1(O)CCC1. The first kappa shape index (κ1) is 12.5. The highest BCUT2D eigenvalue weighted by molar-refractivity contribution is 7.98. The molecule has 0 unspecified atom stereocenters. The summed E-state index contributed by atoms with van der Waals surface area (Å²) in [5.41, 5.74) is 0.0205. The van der Waals surface area contributed by atoms with Gasteiger partial charge < -0.3 is 10.4 Å². The highest BCUT2D eigenvalue weighted by Gasteiger charge is 2.34. The molecule has 2 rings (SSSR count). The maximum absolute atomic E-state index is 12.0. The lowest BCUT2D eigenvalue weighted by Gasteiger charge is -2.36. The number of aliphatic hydroxyl groups is 1. The van der Waals surface area contributed by atoms with Crippen LogP contribution in [0.4, 0.5) is 0 Å². The van der Waals surface area contributed by atoms with Gasteiger partial charge in [-0.05, 0) is 37.7 Å². The van der Waals surface area contributed by atoms with Gasteiger partial charge in [-0.3, -0.25) is 4.79 Å². The lowest BCUT2D eigenvalue weighted by atomic mass is 9.80. The Hall–Kier alpha value is -1.00. The van der Waals surface area contributed by atoms with Crippen molar-refractivity contribution in [1.82, 2.24) is 5.32 Å². The van der Waals surface area contributed by atoms with Crippen molar-refractivity contribution < 1.29 is 9.90 Å². The van der Waals surface area contributed by atoms with Crippen molar-refractivity contribution in [3.63, 3.8) is 0 Å². The molecule has 1 amide bonds. The lowest BCUT2D eigenvalue weighted by Crippen LogP contribution is -2.47.